The second-order valence-electron chi connectivity index (χ2n) is 7.39. The summed E-state index contributed by atoms with van der Waals surface area (Å²) in [6.07, 6.45) is 1.88. The average Bonchev–Trinajstić information content (AvgIpc) is 2.74. The monoisotopic (exact) mass is 606 g/mol. The molecule has 0 aliphatic heterocycles. The van der Waals surface area contributed by atoms with Crippen LogP contribution in [0.25, 0.3) is 0 Å². The Labute approximate surface area is 210 Å². The molecule has 10 heteroatoms. The van der Waals surface area contributed by atoms with Crippen molar-refractivity contribution in [3.05, 3.63) is 64.2 Å². The number of methoxy groups -OCH3 is 1. The number of carboxylic acid groups (broad SMARTS) is 1. The van der Waals surface area contributed by atoms with Gasteiger partial charge in [0.1, 0.15) is 22.8 Å². The van der Waals surface area contributed by atoms with Gasteiger partial charge in [-0.3, -0.25) is 0 Å². The Morgan fingerprint density at radius 3 is 2.42 bits per heavy atom. The lowest BCUT2D eigenvalue weighted by Gasteiger charge is -2.21. The molecule has 2 N–H and O–H groups in total. The highest BCUT2D eigenvalue weighted by molar-refractivity contribution is 14.2. The molecule has 1 unspecified atom stereocenters. The van der Waals surface area contributed by atoms with Gasteiger partial charge in [0, 0.05) is 11.3 Å². The Balaban J connectivity index is 2.38. The van der Waals surface area contributed by atoms with E-state index >= 15 is 0 Å². The zero-order valence-corrected chi connectivity index (χ0v) is 22.8. The maximum absolute atomic E-state index is 12.6. The molecular formula is C23H28IO7PS. The number of rotatable bonds is 12. The highest BCUT2D eigenvalue weighted by Gasteiger charge is 2.26. The van der Waals surface area contributed by atoms with Crippen LogP contribution >= 0.6 is 37.7 Å². The molecule has 0 amide bonds. The summed E-state index contributed by atoms with van der Waals surface area (Å²) in [6.45, 7) is 5.61. The molecule has 0 saturated carbocycles. The standard InChI is InChI=1S/C23H28IO7PS/c1-15(14-32(27,28)31-18-8-6-5-7-9-18)10-11-19-21(29-4)17(3)16(2)20(23(25)26)22(19)30-12-13-33-24/h5-10H,11-14H2,1-4H3,(H,25,26)(H,27,28)/b15-10+. The largest absolute Gasteiger partial charge is 0.496 e. The lowest BCUT2D eigenvalue weighted by Crippen LogP contribution is -2.13. The first kappa shape index (κ1) is 27.6. The molecule has 0 saturated heterocycles. The molecule has 0 aromatic heterocycles. The first-order valence-electron chi connectivity index (χ1n) is 10.1. The third kappa shape index (κ3) is 7.67. The summed E-state index contributed by atoms with van der Waals surface area (Å²) in [6, 6.07) is 8.48. The molecule has 0 aliphatic carbocycles. The molecule has 0 heterocycles. The van der Waals surface area contributed by atoms with E-state index in [4.69, 9.17) is 14.0 Å². The van der Waals surface area contributed by atoms with Gasteiger partial charge in [0.25, 0.3) is 0 Å². The molecule has 0 aliphatic rings. The Hall–Kier alpha value is -1.68. The van der Waals surface area contributed by atoms with Crippen LogP contribution in [0.4, 0.5) is 0 Å². The molecule has 0 bridgehead atoms. The van der Waals surface area contributed by atoms with Crippen LogP contribution in [-0.4, -0.2) is 41.6 Å². The predicted octanol–water partition coefficient (Wildman–Crippen LogP) is 6.23. The van der Waals surface area contributed by atoms with Gasteiger partial charge in [-0.2, -0.15) is 0 Å². The van der Waals surface area contributed by atoms with Gasteiger partial charge in [-0.1, -0.05) is 38.8 Å². The summed E-state index contributed by atoms with van der Waals surface area (Å²) in [4.78, 5) is 22.3. The van der Waals surface area contributed by atoms with Crippen molar-refractivity contribution in [1.29, 1.82) is 0 Å². The fraction of sp³-hybridized carbons (Fsp3) is 0.348. The third-order valence-electron chi connectivity index (χ3n) is 4.97. The van der Waals surface area contributed by atoms with E-state index in [9.17, 15) is 19.4 Å². The Kier molecular flexibility index (Phi) is 10.6. The SMILES string of the molecule is COc1c(C)c(C)c(C(=O)O)c(OCCSI)c1C/C=C(\C)CP(=O)(O)Oc1ccccc1. The molecule has 7 nitrogen and oxygen atoms in total. The fourth-order valence-corrected chi connectivity index (χ4v) is 5.36. The summed E-state index contributed by atoms with van der Waals surface area (Å²) in [5, 5.41) is 9.86. The van der Waals surface area contributed by atoms with E-state index in [2.05, 4.69) is 21.2 Å². The Bertz CT molecular complexity index is 1060. The third-order valence-corrected chi connectivity index (χ3v) is 8.01. The van der Waals surface area contributed by atoms with Gasteiger partial charge in [-0.25, -0.2) is 9.36 Å². The maximum Gasteiger partial charge on any atom is 0.380 e. The van der Waals surface area contributed by atoms with Crippen molar-refractivity contribution in [3.8, 4) is 17.2 Å². The normalized spacial score (nSPS) is 13.3. The van der Waals surface area contributed by atoms with Crippen LogP contribution < -0.4 is 14.0 Å². The van der Waals surface area contributed by atoms with Crippen LogP contribution in [0.1, 0.15) is 34.0 Å². The number of hydrogen-bond acceptors (Lipinski definition) is 6. The number of benzene rings is 2. The van der Waals surface area contributed by atoms with Gasteiger partial charge in [-0.05, 0) is 71.7 Å². The van der Waals surface area contributed by atoms with Crippen molar-refractivity contribution in [2.24, 2.45) is 0 Å². The summed E-state index contributed by atoms with van der Waals surface area (Å²) < 4.78 is 29.4. The van der Waals surface area contributed by atoms with E-state index < -0.39 is 13.6 Å². The summed E-state index contributed by atoms with van der Waals surface area (Å²) in [7, 11) is -0.820. The van der Waals surface area contributed by atoms with E-state index in [0.717, 1.165) is 0 Å². The molecule has 0 radical (unpaired) electrons. The summed E-state index contributed by atoms with van der Waals surface area (Å²) in [5.74, 6) is 0.750. The van der Waals surface area contributed by atoms with Crippen molar-refractivity contribution in [1.82, 2.24) is 0 Å². The van der Waals surface area contributed by atoms with Crippen LogP contribution in [0.5, 0.6) is 17.2 Å². The van der Waals surface area contributed by atoms with Gasteiger partial charge < -0.3 is 24.0 Å². The molecule has 2 rings (SSSR count). The van der Waals surface area contributed by atoms with Gasteiger partial charge >= 0.3 is 13.6 Å². The van der Waals surface area contributed by atoms with Crippen molar-refractivity contribution in [2.45, 2.75) is 27.2 Å². The number of carboxylic acids is 1. The predicted molar refractivity (Wildman–Crippen MR) is 141 cm³/mol. The number of ether oxygens (including phenoxy) is 2. The van der Waals surface area contributed by atoms with Crippen LogP contribution in [0.2, 0.25) is 0 Å². The van der Waals surface area contributed by atoms with Crippen LogP contribution in [-0.2, 0) is 11.0 Å². The van der Waals surface area contributed by atoms with E-state index in [1.54, 1.807) is 66.1 Å². The minimum atomic E-state index is -3.92. The molecule has 0 fully saturated rings. The average molecular weight is 606 g/mol. The van der Waals surface area contributed by atoms with Crippen LogP contribution in [0.15, 0.2) is 42.0 Å². The molecule has 0 spiro atoms. The summed E-state index contributed by atoms with van der Waals surface area (Å²) in [5.41, 5.74) is 2.62. The number of aromatic carboxylic acids is 1. The Morgan fingerprint density at radius 1 is 1.18 bits per heavy atom. The quantitative estimate of drug-likeness (QED) is 0.127. The second kappa shape index (κ2) is 12.7. The summed E-state index contributed by atoms with van der Waals surface area (Å²) >= 11 is 2.16. The van der Waals surface area contributed by atoms with Crippen LogP contribution in [0.3, 0.4) is 0 Å². The maximum atomic E-state index is 12.6. The lowest BCUT2D eigenvalue weighted by atomic mass is 9.94. The number of halogens is 1. The van der Waals surface area contributed by atoms with E-state index in [-0.39, 0.29) is 23.9 Å². The van der Waals surface area contributed by atoms with Gasteiger partial charge in [0.2, 0.25) is 0 Å². The van der Waals surface area contributed by atoms with Crippen molar-refractivity contribution >= 4 is 43.7 Å². The fourth-order valence-electron chi connectivity index (χ4n) is 3.40. The topological polar surface area (TPSA) is 102 Å². The minimum absolute atomic E-state index is 0.105. The zero-order chi connectivity index (χ0) is 24.6. The smallest absolute Gasteiger partial charge is 0.380 e. The molecule has 2 aromatic rings. The first-order valence-corrected chi connectivity index (χ1v) is 15.4. The molecule has 2 aromatic carbocycles. The number of carbonyl (C=O) groups is 1. The van der Waals surface area contributed by atoms with Gasteiger partial charge in [0.05, 0.1) is 19.9 Å². The van der Waals surface area contributed by atoms with Crippen molar-refractivity contribution < 1.29 is 33.4 Å². The molecule has 180 valence electrons. The zero-order valence-electron chi connectivity index (χ0n) is 19.0. The van der Waals surface area contributed by atoms with Crippen LogP contribution in [0, 0.1) is 13.8 Å². The van der Waals surface area contributed by atoms with Gasteiger partial charge in [-0.15, -0.1) is 0 Å². The lowest BCUT2D eigenvalue weighted by molar-refractivity contribution is 0.0691. The van der Waals surface area contributed by atoms with E-state index in [1.807, 2.05) is 0 Å². The minimum Gasteiger partial charge on any atom is -0.496 e. The number of hydrogen-bond donors (Lipinski definition) is 2. The van der Waals surface area contributed by atoms with E-state index in [1.165, 1.54) is 7.11 Å². The highest BCUT2D eigenvalue weighted by Crippen LogP contribution is 2.44. The van der Waals surface area contributed by atoms with Crippen molar-refractivity contribution in [2.75, 3.05) is 25.6 Å². The number of allylic oxidation sites excluding steroid dienone is 2. The van der Waals surface area contributed by atoms with Gasteiger partial charge in [0.15, 0.2) is 0 Å². The van der Waals surface area contributed by atoms with E-state index in [0.29, 0.717) is 46.1 Å². The van der Waals surface area contributed by atoms with Crippen molar-refractivity contribution in [3.63, 3.8) is 0 Å². The Morgan fingerprint density at radius 2 is 1.85 bits per heavy atom. The first-order chi connectivity index (χ1) is 15.6. The molecule has 1 atom stereocenters. The molecular weight excluding hydrogens is 578 g/mol. The highest BCUT2D eigenvalue weighted by atomic mass is 127. The second-order valence-corrected chi connectivity index (χ2v) is 11.7. The molecule has 33 heavy (non-hydrogen) atoms. The number of para-hydroxylation sites is 1.